The van der Waals surface area contributed by atoms with Crippen molar-refractivity contribution in [1.29, 1.82) is 0 Å². The second kappa shape index (κ2) is 4.53. The van der Waals surface area contributed by atoms with Crippen LogP contribution in [-0.4, -0.2) is 14.5 Å². The average Bonchev–Trinajstić information content (AvgIpc) is 2.44. The van der Waals surface area contributed by atoms with Gasteiger partial charge in [-0.05, 0) is 23.8 Å². The number of benzene rings is 1. The molecule has 19 heavy (non-hydrogen) atoms. The van der Waals surface area contributed by atoms with E-state index >= 15 is 0 Å². The second-order valence-electron chi connectivity index (χ2n) is 4.26. The summed E-state index contributed by atoms with van der Waals surface area (Å²) in [5.74, 6) is 0. The van der Waals surface area contributed by atoms with E-state index in [1.54, 1.807) is 10.8 Å². The maximum atomic E-state index is 11.7. The molecular weight excluding hydrogens is 240 g/mol. The lowest BCUT2D eigenvalue weighted by Gasteiger charge is -2.09. The Morgan fingerprint density at radius 3 is 2.89 bits per heavy atom. The predicted octanol–water partition coefficient (Wildman–Crippen LogP) is 1.42. The van der Waals surface area contributed by atoms with Crippen LogP contribution in [-0.2, 0) is 6.54 Å². The topological polar surface area (TPSA) is 73.8 Å². The summed E-state index contributed by atoms with van der Waals surface area (Å²) in [7, 11) is 0. The van der Waals surface area contributed by atoms with Crippen LogP contribution >= 0.6 is 0 Å². The number of hydrogen-bond donors (Lipinski definition) is 1. The lowest BCUT2D eigenvalue weighted by molar-refractivity contribution is 0.739. The molecule has 2 aromatic heterocycles. The van der Waals surface area contributed by atoms with Gasteiger partial charge < -0.3 is 5.73 Å². The minimum Gasteiger partial charge on any atom is -0.398 e. The summed E-state index contributed by atoms with van der Waals surface area (Å²) in [5, 5.41) is 0.900. The maximum absolute atomic E-state index is 11.7. The Morgan fingerprint density at radius 2 is 2.05 bits per heavy atom. The number of nitrogen functional groups attached to an aromatic ring is 1. The number of aromatic nitrogens is 3. The summed E-state index contributed by atoms with van der Waals surface area (Å²) in [6.45, 7) is 0.431. The number of nitrogens with zero attached hydrogens (tertiary/aromatic N) is 3. The Bertz CT molecular complexity index is 795. The van der Waals surface area contributed by atoms with E-state index in [1.165, 1.54) is 18.6 Å². The second-order valence-corrected chi connectivity index (χ2v) is 4.26. The first-order valence-corrected chi connectivity index (χ1v) is 5.88. The third-order valence-electron chi connectivity index (χ3n) is 3.02. The Morgan fingerprint density at radius 1 is 1.16 bits per heavy atom. The van der Waals surface area contributed by atoms with Crippen LogP contribution in [0.1, 0.15) is 5.56 Å². The van der Waals surface area contributed by atoms with E-state index in [0.717, 1.165) is 16.5 Å². The van der Waals surface area contributed by atoms with Crippen LogP contribution in [0.25, 0.3) is 10.9 Å². The quantitative estimate of drug-likeness (QED) is 0.700. The van der Waals surface area contributed by atoms with Crippen LogP contribution in [0.2, 0.25) is 0 Å². The van der Waals surface area contributed by atoms with Crippen molar-refractivity contribution >= 4 is 16.6 Å². The highest BCUT2D eigenvalue weighted by molar-refractivity contribution is 5.92. The Balaban J connectivity index is 2.14. The third-order valence-corrected chi connectivity index (χ3v) is 3.02. The Labute approximate surface area is 109 Å². The molecule has 2 N–H and O–H groups in total. The largest absolute Gasteiger partial charge is 0.398 e. The number of fused-ring (bicyclic) bond motifs is 1. The molecule has 2 heterocycles. The van der Waals surface area contributed by atoms with Crippen LogP contribution < -0.4 is 11.3 Å². The minimum absolute atomic E-state index is 0.0871. The van der Waals surface area contributed by atoms with Crippen LogP contribution in [0.4, 0.5) is 5.69 Å². The number of rotatable bonds is 2. The van der Waals surface area contributed by atoms with Gasteiger partial charge in [0.25, 0.3) is 5.56 Å². The highest BCUT2D eigenvalue weighted by Gasteiger charge is 2.06. The molecule has 3 rings (SSSR count). The summed E-state index contributed by atoms with van der Waals surface area (Å²) in [6.07, 6.45) is 4.73. The van der Waals surface area contributed by atoms with E-state index in [1.807, 2.05) is 24.3 Å². The fourth-order valence-corrected chi connectivity index (χ4v) is 2.06. The zero-order valence-corrected chi connectivity index (χ0v) is 10.2. The summed E-state index contributed by atoms with van der Waals surface area (Å²) >= 11 is 0. The standard InChI is InChI=1S/C14H12N4O/c15-12-4-3-10(14-11(12)2-1-6-17-14)8-18-9-16-7-5-13(18)19/h1-7,9H,8,15H2. The molecule has 5 nitrogen and oxygen atoms in total. The van der Waals surface area contributed by atoms with Gasteiger partial charge in [0.1, 0.15) is 0 Å². The van der Waals surface area contributed by atoms with E-state index < -0.39 is 0 Å². The lowest BCUT2D eigenvalue weighted by atomic mass is 10.1. The number of nitrogens with two attached hydrogens (primary N) is 1. The van der Waals surface area contributed by atoms with Gasteiger partial charge in [0.2, 0.25) is 0 Å². The molecule has 0 radical (unpaired) electrons. The van der Waals surface area contributed by atoms with Crippen molar-refractivity contribution in [2.75, 3.05) is 5.73 Å². The van der Waals surface area contributed by atoms with Gasteiger partial charge in [-0.2, -0.15) is 0 Å². The molecule has 5 heteroatoms. The summed E-state index contributed by atoms with van der Waals surface area (Å²) < 4.78 is 1.54. The monoisotopic (exact) mass is 252 g/mol. The molecule has 0 spiro atoms. The first-order chi connectivity index (χ1) is 9.25. The molecule has 0 fully saturated rings. The Kier molecular flexibility index (Phi) is 2.72. The van der Waals surface area contributed by atoms with Crippen molar-refractivity contribution in [2.24, 2.45) is 0 Å². The zero-order valence-electron chi connectivity index (χ0n) is 10.2. The molecule has 0 aliphatic heterocycles. The Hall–Kier alpha value is -2.69. The number of anilines is 1. The van der Waals surface area contributed by atoms with E-state index in [4.69, 9.17) is 5.73 Å². The highest BCUT2D eigenvalue weighted by atomic mass is 16.1. The van der Waals surface area contributed by atoms with Gasteiger partial charge in [-0.3, -0.25) is 14.3 Å². The fraction of sp³-hybridized carbons (Fsp3) is 0.0714. The van der Waals surface area contributed by atoms with Gasteiger partial charge in [-0.25, -0.2) is 4.98 Å². The van der Waals surface area contributed by atoms with Gasteiger partial charge >= 0.3 is 0 Å². The summed E-state index contributed by atoms with van der Waals surface area (Å²) in [5.41, 5.74) is 8.29. The van der Waals surface area contributed by atoms with Crippen LogP contribution in [0.15, 0.2) is 53.8 Å². The SMILES string of the molecule is Nc1ccc(Cn2cnccc2=O)c2ncccc12. The number of hydrogen-bond acceptors (Lipinski definition) is 4. The van der Waals surface area contributed by atoms with E-state index in [-0.39, 0.29) is 5.56 Å². The number of pyridine rings is 1. The van der Waals surface area contributed by atoms with Gasteiger partial charge in [-0.1, -0.05) is 6.07 Å². The molecule has 1 aromatic carbocycles. The summed E-state index contributed by atoms with van der Waals surface area (Å²) in [6, 6.07) is 8.93. The molecule has 94 valence electrons. The van der Waals surface area contributed by atoms with Crippen molar-refractivity contribution in [1.82, 2.24) is 14.5 Å². The third kappa shape index (κ3) is 2.06. The lowest BCUT2D eigenvalue weighted by Crippen LogP contribution is -2.19. The van der Waals surface area contributed by atoms with Crippen molar-refractivity contribution < 1.29 is 0 Å². The molecule has 0 saturated carbocycles. The van der Waals surface area contributed by atoms with Crippen molar-refractivity contribution in [3.8, 4) is 0 Å². The molecular formula is C14H12N4O. The molecule has 0 aliphatic rings. The normalized spacial score (nSPS) is 10.7. The highest BCUT2D eigenvalue weighted by Crippen LogP contribution is 2.22. The van der Waals surface area contributed by atoms with Crippen molar-refractivity contribution in [3.63, 3.8) is 0 Å². The molecule has 0 aliphatic carbocycles. The van der Waals surface area contributed by atoms with Crippen LogP contribution in [0.5, 0.6) is 0 Å². The smallest absolute Gasteiger partial charge is 0.253 e. The average molecular weight is 252 g/mol. The van der Waals surface area contributed by atoms with Crippen LogP contribution in [0, 0.1) is 0 Å². The maximum Gasteiger partial charge on any atom is 0.253 e. The molecule has 0 bridgehead atoms. The first-order valence-electron chi connectivity index (χ1n) is 5.88. The van der Waals surface area contributed by atoms with Crippen molar-refractivity contribution in [2.45, 2.75) is 6.54 Å². The van der Waals surface area contributed by atoms with Gasteiger partial charge in [0.05, 0.1) is 18.4 Å². The van der Waals surface area contributed by atoms with Gasteiger partial charge in [0.15, 0.2) is 0 Å². The minimum atomic E-state index is -0.0871. The van der Waals surface area contributed by atoms with Crippen molar-refractivity contribution in [3.05, 3.63) is 65.0 Å². The first kappa shape index (κ1) is 11.4. The fourth-order valence-electron chi connectivity index (χ4n) is 2.06. The molecule has 0 atom stereocenters. The molecule has 0 unspecified atom stereocenters. The van der Waals surface area contributed by atoms with Gasteiger partial charge in [0, 0.05) is 29.5 Å². The van der Waals surface area contributed by atoms with E-state index in [9.17, 15) is 4.79 Å². The van der Waals surface area contributed by atoms with E-state index in [2.05, 4.69) is 9.97 Å². The van der Waals surface area contributed by atoms with Crippen LogP contribution in [0.3, 0.4) is 0 Å². The zero-order chi connectivity index (χ0) is 13.2. The predicted molar refractivity (Wildman–Crippen MR) is 73.8 cm³/mol. The molecule has 3 aromatic rings. The van der Waals surface area contributed by atoms with Gasteiger partial charge in [-0.15, -0.1) is 0 Å². The van der Waals surface area contributed by atoms with E-state index in [0.29, 0.717) is 12.2 Å². The summed E-state index contributed by atoms with van der Waals surface area (Å²) in [4.78, 5) is 20.0. The molecule has 0 amide bonds. The molecule has 0 saturated heterocycles.